The van der Waals surface area contributed by atoms with Crippen LogP contribution in [0, 0.1) is 17.2 Å². The molecule has 0 radical (unpaired) electrons. The average molecular weight is 420 g/mol. The SMILES string of the molecule is CC(C)C[C@H](NC(c1ccc(Br)cc1)c1ccsc1)C(=O)NCC#N. The molecule has 0 aliphatic rings. The van der Waals surface area contributed by atoms with Crippen LogP contribution in [-0.4, -0.2) is 18.5 Å². The maximum absolute atomic E-state index is 12.5. The van der Waals surface area contributed by atoms with Crippen LogP contribution in [0.25, 0.3) is 0 Å². The normalized spacial score (nSPS) is 13.2. The van der Waals surface area contributed by atoms with E-state index in [1.165, 1.54) is 0 Å². The summed E-state index contributed by atoms with van der Waals surface area (Å²) in [7, 11) is 0. The molecule has 1 aromatic carbocycles. The lowest BCUT2D eigenvalue weighted by atomic mass is 9.97. The summed E-state index contributed by atoms with van der Waals surface area (Å²) in [5, 5.41) is 19.0. The van der Waals surface area contributed by atoms with Crippen molar-refractivity contribution in [3.8, 4) is 6.07 Å². The van der Waals surface area contributed by atoms with E-state index >= 15 is 0 Å². The maximum atomic E-state index is 12.5. The van der Waals surface area contributed by atoms with Crippen molar-refractivity contribution in [2.75, 3.05) is 6.54 Å². The van der Waals surface area contributed by atoms with Crippen molar-refractivity contribution in [2.24, 2.45) is 5.92 Å². The van der Waals surface area contributed by atoms with Gasteiger partial charge < -0.3 is 5.32 Å². The summed E-state index contributed by atoms with van der Waals surface area (Å²) in [5.41, 5.74) is 2.23. The van der Waals surface area contributed by atoms with Crippen molar-refractivity contribution in [3.05, 3.63) is 56.7 Å². The highest BCUT2D eigenvalue weighted by Crippen LogP contribution is 2.26. The molecule has 6 heteroatoms. The van der Waals surface area contributed by atoms with Gasteiger partial charge in [-0.3, -0.25) is 10.1 Å². The topological polar surface area (TPSA) is 64.9 Å². The lowest BCUT2D eigenvalue weighted by Crippen LogP contribution is -2.46. The Hall–Kier alpha value is -1.68. The molecule has 0 bridgehead atoms. The molecule has 25 heavy (non-hydrogen) atoms. The van der Waals surface area contributed by atoms with Gasteiger partial charge in [0.1, 0.15) is 6.54 Å². The first-order valence-electron chi connectivity index (χ1n) is 8.19. The molecular formula is C19H22BrN3OS. The van der Waals surface area contributed by atoms with Gasteiger partial charge in [0, 0.05) is 4.47 Å². The summed E-state index contributed by atoms with van der Waals surface area (Å²) in [6.07, 6.45) is 0.703. The van der Waals surface area contributed by atoms with Gasteiger partial charge in [-0.05, 0) is 52.4 Å². The largest absolute Gasteiger partial charge is 0.342 e. The molecule has 2 N–H and O–H groups in total. The third-order valence-electron chi connectivity index (χ3n) is 3.81. The molecule has 1 aromatic heterocycles. The van der Waals surface area contributed by atoms with Crippen molar-refractivity contribution >= 4 is 33.2 Å². The van der Waals surface area contributed by atoms with Gasteiger partial charge in [0.05, 0.1) is 18.2 Å². The zero-order chi connectivity index (χ0) is 18.2. The number of nitriles is 1. The van der Waals surface area contributed by atoms with Gasteiger partial charge in [0.25, 0.3) is 0 Å². The molecule has 1 unspecified atom stereocenters. The fraction of sp³-hybridized carbons (Fsp3) is 0.368. The van der Waals surface area contributed by atoms with Crippen LogP contribution < -0.4 is 10.6 Å². The van der Waals surface area contributed by atoms with Crippen LogP contribution in [0.2, 0.25) is 0 Å². The fourth-order valence-electron chi connectivity index (χ4n) is 2.65. The molecular weight excluding hydrogens is 398 g/mol. The van der Waals surface area contributed by atoms with E-state index in [4.69, 9.17) is 5.26 Å². The lowest BCUT2D eigenvalue weighted by molar-refractivity contribution is -0.123. The van der Waals surface area contributed by atoms with Gasteiger partial charge in [-0.2, -0.15) is 16.6 Å². The van der Waals surface area contributed by atoms with Gasteiger partial charge >= 0.3 is 0 Å². The van der Waals surface area contributed by atoms with Gasteiger partial charge in [-0.15, -0.1) is 0 Å². The highest BCUT2D eigenvalue weighted by molar-refractivity contribution is 9.10. The molecule has 0 aliphatic carbocycles. The summed E-state index contributed by atoms with van der Waals surface area (Å²) in [6.45, 7) is 4.20. The van der Waals surface area contributed by atoms with Crippen LogP contribution >= 0.6 is 27.3 Å². The van der Waals surface area contributed by atoms with Gasteiger partial charge in [-0.1, -0.05) is 41.9 Å². The summed E-state index contributed by atoms with van der Waals surface area (Å²) in [6, 6.07) is 11.7. The van der Waals surface area contributed by atoms with Gasteiger partial charge in [0.15, 0.2) is 0 Å². The smallest absolute Gasteiger partial charge is 0.237 e. The Morgan fingerprint density at radius 3 is 2.52 bits per heavy atom. The molecule has 0 saturated carbocycles. The molecule has 0 fully saturated rings. The molecule has 2 aromatic rings. The van der Waals surface area contributed by atoms with E-state index < -0.39 is 0 Å². The number of hydrogen-bond acceptors (Lipinski definition) is 4. The van der Waals surface area contributed by atoms with E-state index in [0.29, 0.717) is 12.3 Å². The fourth-order valence-corrected chi connectivity index (χ4v) is 3.60. The molecule has 1 heterocycles. The zero-order valence-corrected chi connectivity index (χ0v) is 16.7. The van der Waals surface area contributed by atoms with E-state index in [1.54, 1.807) is 11.3 Å². The Morgan fingerprint density at radius 1 is 1.24 bits per heavy atom. The molecule has 1 amide bonds. The molecule has 0 spiro atoms. The summed E-state index contributed by atoms with van der Waals surface area (Å²) >= 11 is 5.10. The predicted octanol–water partition coefficient (Wildman–Crippen LogP) is 4.24. The Kier molecular flexibility index (Phi) is 7.63. The number of thiophene rings is 1. The Morgan fingerprint density at radius 2 is 1.96 bits per heavy atom. The Labute approximate surface area is 161 Å². The minimum atomic E-state index is -0.359. The first-order valence-corrected chi connectivity index (χ1v) is 9.93. The summed E-state index contributed by atoms with van der Waals surface area (Å²) in [5.74, 6) is 0.228. The van der Waals surface area contributed by atoms with E-state index in [2.05, 4.69) is 64.0 Å². The highest BCUT2D eigenvalue weighted by atomic mass is 79.9. The molecule has 132 valence electrons. The number of carbonyl (C=O) groups is 1. The van der Waals surface area contributed by atoms with Crippen LogP contribution in [0.5, 0.6) is 0 Å². The van der Waals surface area contributed by atoms with Crippen molar-refractivity contribution in [2.45, 2.75) is 32.4 Å². The third kappa shape index (κ3) is 5.96. The average Bonchev–Trinajstić information content (AvgIpc) is 3.11. The van der Waals surface area contributed by atoms with Crippen molar-refractivity contribution in [1.82, 2.24) is 10.6 Å². The zero-order valence-electron chi connectivity index (χ0n) is 14.3. The van der Waals surface area contributed by atoms with Crippen LogP contribution in [-0.2, 0) is 4.79 Å². The van der Waals surface area contributed by atoms with Crippen molar-refractivity contribution in [3.63, 3.8) is 0 Å². The van der Waals surface area contributed by atoms with Gasteiger partial charge in [0.2, 0.25) is 5.91 Å². The number of halogens is 1. The predicted molar refractivity (Wildman–Crippen MR) is 105 cm³/mol. The first kappa shape index (κ1) is 19.6. The van der Waals surface area contributed by atoms with E-state index in [9.17, 15) is 4.79 Å². The standard InChI is InChI=1S/C19H22BrN3OS/c1-13(2)11-17(19(24)22-9-8-21)23-18(15-7-10-25-12-15)14-3-5-16(20)6-4-14/h3-7,10,12-13,17-18,23H,9,11H2,1-2H3,(H,22,24)/t17-,18?/m0/s1. The van der Waals surface area contributed by atoms with Crippen molar-refractivity contribution in [1.29, 1.82) is 5.26 Å². The van der Waals surface area contributed by atoms with E-state index in [1.807, 2.05) is 23.6 Å². The number of hydrogen-bond donors (Lipinski definition) is 2. The van der Waals surface area contributed by atoms with Crippen LogP contribution in [0.4, 0.5) is 0 Å². The maximum Gasteiger partial charge on any atom is 0.237 e. The molecule has 2 atom stereocenters. The van der Waals surface area contributed by atoms with Crippen LogP contribution in [0.3, 0.4) is 0 Å². The quantitative estimate of drug-likeness (QED) is 0.628. The van der Waals surface area contributed by atoms with E-state index in [-0.39, 0.29) is 24.5 Å². The second-order valence-electron chi connectivity index (χ2n) is 6.27. The number of benzene rings is 1. The first-order chi connectivity index (χ1) is 12.0. The van der Waals surface area contributed by atoms with Crippen LogP contribution in [0.15, 0.2) is 45.6 Å². The summed E-state index contributed by atoms with van der Waals surface area (Å²) < 4.78 is 1.02. The van der Waals surface area contributed by atoms with Crippen LogP contribution in [0.1, 0.15) is 37.4 Å². The highest BCUT2D eigenvalue weighted by Gasteiger charge is 2.25. The number of nitrogens with zero attached hydrogens (tertiary/aromatic N) is 1. The Bertz CT molecular complexity index is 707. The second kappa shape index (κ2) is 9.71. The van der Waals surface area contributed by atoms with E-state index in [0.717, 1.165) is 15.6 Å². The number of rotatable bonds is 8. The third-order valence-corrected chi connectivity index (χ3v) is 5.04. The minimum absolute atomic E-state index is 0.0243. The molecule has 2 rings (SSSR count). The Balaban J connectivity index is 2.27. The molecule has 0 saturated heterocycles. The molecule has 0 aliphatic heterocycles. The second-order valence-corrected chi connectivity index (χ2v) is 7.96. The monoisotopic (exact) mass is 419 g/mol. The van der Waals surface area contributed by atoms with Crippen molar-refractivity contribution < 1.29 is 4.79 Å². The molecule has 4 nitrogen and oxygen atoms in total. The minimum Gasteiger partial charge on any atom is -0.342 e. The summed E-state index contributed by atoms with van der Waals surface area (Å²) in [4.78, 5) is 12.5. The number of nitrogens with one attached hydrogen (secondary N) is 2. The number of amides is 1. The lowest BCUT2D eigenvalue weighted by Gasteiger charge is -2.26. The van der Waals surface area contributed by atoms with Gasteiger partial charge in [-0.25, -0.2) is 0 Å². The number of carbonyl (C=O) groups excluding carboxylic acids is 1.